The number of nitrogens with one attached hydrogen (secondary N) is 2. The second kappa shape index (κ2) is 10.5. The number of anilines is 1. The van der Waals surface area contributed by atoms with Crippen LogP contribution in [0.3, 0.4) is 0 Å². The van der Waals surface area contributed by atoms with Crippen molar-refractivity contribution in [3.63, 3.8) is 0 Å². The molecule has 1 aromatic heterocycles. The number of carboxylic acids is 1. The summed E-state index contributed by atoms with van der Waals surface area (Å²) in [6.07, 6.45) is 0. The first kappa shape index (κ1) is 25.7. The molecule has 2 heterocycles. The third kappa shape index (κ3) is 6.14. The number of hydrogen-bond donors (Lipinski definition) is 3. The second-order valence-corrected chi connectivity index (χ2v) is 9.52. The third-order valence-electron chi connectivity index (χ3n) is 5.35. The first-order valence-corrected chi connectivity index (χ1v) is 12.0. The number of aryl methyl sites for hydroxylation is 2. The fourth-order valence-corrected chi connectivity index (χ4v) is 5.09. The average Bonchev–Trinajstić information content (AvgIpc) is 3.16. The molecule has 0 saturated carbocycles. The van der Waals surface area contributed by atoms with E-state index < -0.39 is 34.5 Å². The second-order valence-electron chi connectivity index (χ2n) is 7.87. The Bertz CT molecular complexity index is 1250. The van der Waals surface area contributed by atoms with Gasteiger partial charge >= 0.3 is 5.97 Å². The zero-order valence-corrected chi connectivity index (χ0v) is 19.8. The smallest absolute Gasteiger partial charge is 0.323 e. The van der Waals surface area contributed by atoms with Gasteiger partial charge in [-0.2, -0.15) is 9.98 Å². The van der Waals surface area contributed by atoms with Gasteiger partial charge in [0, 0.05) is 25.3 Å². The molecule has 1 unspecified atom stereocenters. The fraction of sp³-hybridized carbons (Fsp3) is 0.381. The van der Waals surface area contributed by atoms with Crippen molar-refractivity contribution >= 4 is 33.5 Å². The van der Waals surface area contributed by atoms with Gasteiger partial charge < -0.3 is 24.7 Å². The van der Waals surface area contributed by atoms with Crippen LogP contribution in [0.1, 0.15) is 17.0 Å². The summed E-state index contributed by atoms with van der Waals surface area (Å²) in [4.78, 5) is 39.3. The normalized spacial score (nSPS) is 14.9. The van der Waals surface area contributed by atoms with E-state index in [0.29, 0.717) is 12.1 Å². The summed E-state index contributed by atoms with van der Waals surface area (Å²) < 4.78 is 32.0. The van der Waals surface area contributed by atoms with Gasteiger partial charge in [-0.25, -0.2) is 8.42 Å². The maximum absolute atomic E-state index is 12.6. The van der Waals surface area contributed by atoms with Crippen LogP contribution in [0.5, 0.6) is 0 Å². The maximum atomic E-state index is 12.6. The number of aromatic nitrogens is 1. The number of aliphatic carboxylic acids is 1. The van der Waals surface area contributed by atoms with Crippen LogP contribution in [-0.2, 0) is 24.4 Å². The van der Waals surface area contributed by atoms with Gasteiger partial charge in [-0.05, 0) is 38.1 Å². The molecule has 0 radical (unpaired) electrons. The van der Waals surface area contributed by atoms with Gasteiger partial charge in [-0.1, -0.05) is 5.16 Å². The molecule has 0 bridgehead atoms. The molecule has 35 heavy (non-hydrogen) atoms. The Morgan fingerprint density at radius 3 is 2.49 bits per heavy atom. The average molecular weight is 505 g/mol. The minimum absolute atomic E-state index is 0.00170. The largest absolute Gasteiger partial charge is 0.480 e. The number of carbonyl (C=O) groups excluding carboxylic acids is 2. The summed E-state index contributed by atoms with van der Waals surface area (Å²) in [7, 11) is -4.27. The Morgan fingerprint density at radius 2 is 1.94 bits per heavy atom. The van der Waals surface area contributed by atoms with E-state index in [1.165, 1.54) is 18.7 Å². The number of carbonyl (C=O) groups is 3. The Morgan fingerprint density at radius 1 is 1.26 bits per heavy atom. The van der Waals surface area contributed by atoms with Crippen molar-refractivity contribution < 1.29 is 32.4 Å². The van der Waals surface area contributed by atoms with Crippen molar-refractivity contribution in [1.29, 1.82) is 5.26 Å². The van der Waals surface area contributed by atoms with E-state index in [1.54, 1.807) is 24.3 Å². The molecular formula is C21H24N6O7S. The van der Waals surface area contributed by atoms with Gasteiger partial charge in [0.2, 0.25) is 21.8 Å². The monoisotopic (exact) mass is 504 g/mol. The van der Waals surface area contributed by atoms with Crippen molar-refractivity contribution in [3.05, 3.63) is 41.3 Å². The third-order valence-corrected chi connectivity index (χ3v) is 7.07. The number of piperazine rings is 1. The number of nitriles is 1. The van der Waals surface area contributed by atoms with Gasteiger partial charge in [0.25, 0.3) is 0 Å². The molecule has 3 rings (SSSR count). The highest BCUT2D eigenvalue weighted by Crippen LogP contribution is 2.19. The number of carboxylic acid groups (broad SMARTS) is 1. The van der Waals surface area contributed by atoms with Crippen LogP contribution in [0, 0.1) is 25.2 Å². The summed E-state index contributed by atoms with van der Waals surface area (Å²) >= 11 is 0. The minimum atomic E-state index is -4.27. The van der Waals surface area contributed by atoms with Crippen LogP contribution in [0.25, 0.3) is 0 Å². The zero-order chi connectivity index (χ0) is 25.8. The SMILES string of the molecule is Cc1noc(C)c1S(=O)(=O)NC(CNC(=O)CN1CCN(c2ccc(C#N)cc2)CC1=O)C(=O)O. The van der Waals surface area contributed by atoms with Crippen LogP contribution < -0.4 is 14.9 Å². The van der Waals surface area contributed by atoms with Gasteiger partial charge in [0.15, 0.2) is 5.76 Å². The first-order valence-electron chi connectivity index (χ1n) is 10.5. The zero-order valence-electron chi connectivity index (χ0n) is 19.0. The Labute approximate surface area is 201 Å². The molecule has 1 saturated heterocycles. The Balaban J connectivity index is 1.54. The van der Waals surface area contributed by atoms with Crippen molar-refractivity contribution in [2.45, 2.75) is 24.8 Å². The molecule has 1 aliphatic rings. The van der Waals surface area contributed by atoms with Gasteiger partial charge in [0.1, 0.15) is 16.6 Å². The van der Waals surface area contributed by atoms with E-state index in [4.69, 9.17) is 9.78 Å². The van der Waals surface area contributed by atoms with Crippen LogP contribution >= 0.6 is 0 Å². The van der Waals surface area contributed by atoms with Crippen molar-refractivity contribution in [3.8, 4) is 6.07 Å². The predicted molar refractivity (Wildman–Crippen MR) is 121 cm³/mol. The van der Waals surface area contributed by atoms with Gasteiger partial charge in [-0.3, -0.25) is 14.4 Å². The van der Waals surface area contributed by atoms with Crippen LogP contribution in [0.15, 0.2) is 33.7 Å². The van der Waals surface area contributed by atoms with Gasteiger partial charge in [-0.15, -0.1) is 0 Å². The number of nitrogens with zero attached hydrogens (tertiary/aromatic N) is 4. The van der Waals surface area contributed by atoms with E-state index in [0.717, 1.165) is 5.69 Å². The molecule has 14 heteroatoms. The highest BCUT2D eigenvalue weighted by molar-refractivity contribution is 7.89. The molecule has 186 valence electrons. The van der Waals surface area contributed by atoms with E-state index >= 15 is 0 Å². The first-order chi connectivity index (χ1) is 16.5. The van der Waals surface area contributed by atoms with Crippen molar-refractivity contribution in [1.82, 2.24) is 20.1 Å². The molecule has 2 aromatic rings. The molecule has 13 nitrogen and oxygen atoms in total. The highest BCUT2D eigenvalue weighted by atomic mass is 32.2. The summed E-state index contributed by atoms with van der Waals surface area (Å²) in [5.41, 5.74) is 1.35. The minimum Gasteiger partial charge on any atom is -0.480 e. The summed E-state index contributed by atoms with van der Waals surface area (Å²) in [5.74, 6) is -2.42. The van der Waals surface area contributed by atoms with Crippen LogP contribution in [0.4, 0.5) is 5.69 Å². The maximum Gasteiger partial charge on any atom is 0.323 e. The molecule has 1 fully saturated rings. The highest BCUT2D eigenvalue weighted by Gasteiger charge is 2.31. The Hall–Kier alpha value is -3.96. The predicted octanol–water partition coefficient (Wildman–Crippen LogP) is -0.640. The van der Waals surface area contributed by atoms with E-state index in [2.05, 4.69) is 10.5 Å². The Kier molecular flexibility index (Phi) is 7.72. The number of hydrogen-bond acceptors (Lipinski definition) is 9. The standard InChI is InChI=1S/C21H24N6O7S/c1-13-20(14(2)34-24-13)35(32,33)25-17(21(30)31)10-23-18(28)11-27-8-7-26(12-19(27)29)16-5-3-15(9-22)4-6-16/h3-6,17,25H,7-8,10-12H2,1-2H3,(H,23,28)(H,30,31). The van der Waals surface area contributed by atoms with E-state index in [9.17, 15) is 27.9 Å². The molecule has 1 aliphatic heterocycles. The summed E-state index contributed by atoms with van der Waals surface area (Å²) in [6.45, 7) is 2.70. The van der Waals surface area contributed by atoms with Crippen molar-refractivity contribution in [2.24, 2.45) is 0 Å². The molecular weight excluding hydrogens is 480 g/mol. The fourth-order valence-electron chi connectivity index (χ4n) is 3.57. The molecule has 3 N–H and O–H groups in total. The lowest BCUT2D eigenvalue weighted by Crippen LogP contribution is -2.54. The summed E-state index contributed by atoms with van der Waals surface area (Å²) in [5, 5.41) is 24.2. The van der Waals surface area contributed by atoms with Crippen LogP contribution in [-0.4, -0.2) is 80.1 Å². The molecule has 2 amide bonds. The molecule has 0 spiro atoms. The number of rotatable bonds is 9. The van der Waals surface area contributed by atoms with Crippen LogP contribution in [0.2, 0.25) is 0 Å². The lowest BCUT2D eigenvalue weighted by molar-refractivity contribution is -0.139. The van der Waals surface area contributed by atoms with Gasteiger partial charge in [0.05, 0.1) is 24.7 Å². The lowest BCUT2D eigenvalue weighted by Gasteiger charge is -2.35. The lowest BCUT2D eigenvalue weighted by atomic mass is 10.2. The van der Waals surface area contributed by atoms with Crippen molar-refractivity contribution in [2.75, 3.05) is 37.6 Å². The quantitative estimate of drug-likeness (QED) is 0.396. The number of sulfonamides is 1. The van der Waals surface area contributed by atoms with E-state index in [1.807, 2.05) is 15.7 Å². The topological polar surface area (TPSA) is 186 Å². The summed E-state index contributed by atoms with van der Waals surface area (Å²) in [6, 6.07) is 7.16. The number of amides is 2. The molecule has 0 aliphatic carbocycles. The molecule has 1 atom stereocenters. The molecule has 1 aromatic carbocycles. The number of benzene rings is 1. The van der Waals surface area contributed by atoms with E-state index in [-0.39, 0.29) is 41.9 Å².